The monoisotopic (exact) mass is 254 g/mol. The van der Waals surface area contributed by atoms with Crippen LogP contribution in [0.5, 0.6) is 0 Å². The summed E-state index contributed by atoms with van der Waals surface area (Å²) in [5.74, 6) is 1.04. The molecule has 2 rings (SSSR count). The van der Waals surface area contributed by atoms with Crippen LogP contribution in [0, 0.1) is 11.8 Å². The topological polar surface area (TPSA) is 58.6 Å². The normalized spacial score (nSPS) is 28.8. The molecule has 102 valence electrons. The molecule has 1 saturated heterocycles. The maximum atomic E-state index is 11.6. The first-order valence-corrected chi connectivity index (χ1v) is 6.67. The molecule has 0 spiro atoms. The van der Waals surface area contributed by atoms with E-state index in [1.54, 1.807) is 0 Å². The minimum Gasteiger partial charge on any atom is -0.467 e. The van der Waals surface area contributed by atoms with Crippen molar-refractivity contribution < 1.29 is 14.3 Å². The number of likely N-dealkylation sites (tertiary alicyclic amines) is 1. The Morgan fingerprint density at radius 2 is 1.94 bits per heavy atom. The van der Waals surface area contributed by atoms with Gasteiger partial charge in [0.2, 0.25) is 5.91 Å². The first-order valence-electron chi connectivity index (χ1n) is 6.67. The highest BCUT2D eigenvalue weighted by Crippen LogP contribution is 2.37. The number of carbonyl (C=O) groups is 2. The smallest absolute Gasteiger partial charge is 0.329 e. The standard InChI is InChI=1S/C13H22N2O3/c1-9(16)14-12(13(17)18-2)8-15-6-10-4-3-5-11(10)7-15/h10-12H,3-8H2,1-2H3,(H,14,16). The second-order valence-electron chi connectivity index (χ2n) is 5.45. The molecule has 0 bridgehead atoms. The third kappa shape index (κ3) is 3.02. The van der Waals surface area contributed by atoms with Crippen molar-refractivity contribution in [2.24, 2.45) is 11.8 Å². The van der Waals surface area contributed by atoms with Gasteiger partial charge in [0.05, 0.1) is 7.11 Å². The Labute approximate surface area is 108 Å². The average Bonchev–Trinajstić information content (AvgIpc) is 2.86. The molecule has 5 heteroatoms. The Bertz CT molecular complexity index is 320. The number of hydrogen-bond acceptors (Lipinski definition) is 4. The van der Waals surface area contributed by atoms with Crippen LogP contribution in [0.4, 0.5) is 0 Å². The van der Waals surface area contributed by atoms with Crippen LogP contribution in [0.1, 0.15) is 26.2 Å². The lowest BCUT2D eigenvalue weighted by molar-refractivity contribution is -0.145. The SMILES string of the molecule is COC(=O)C(CN1CC2CCCC2C1)NC(C)=O. The van der Waals surface area contributed by atoms with Gasteiger partial charge in [0.1, 0.15) is 6.04 Å². The fourth-order valence-electron chi connectivity index (χ4n) is 3.31. The summed E-state index contributed by atoms with van der Waals surface area (Å²) in [6.45, 7) is 4.10. The van der Waals surface area contributed by atoms with Gasteiger partial charge < -0.3 is 15.0 Å². The predicted molar refractivity (Wildman–Crippen MR) is 66.9 cm³/mol. The van der Waals surface area contributed by atoms with Crippen molar-refractivity contribution in [1.29, 1.82) is 0 Å². The number of amides is 1. The van der Waals surface area contributed by atoms with Crippen LogP contribution >= 0.6 is 0 Å². The van der Waals surface area contributed by atoms with Crippen molar-refractivity contribution in [3.63, 3.8) is 0 Å². The fourth-order valence-corrected chi connectivity index (χ4v) is 3.31. The fraction of sp³-hybridized carbons (Fsp3) is 0.846. The molecular formula is C13H22N2O3. The number of esters is 1. The van der Waals surface area contributed by atoms with Gasteiger partial charge in [-0.25, -0.2) is 4.79 Å². The quantitative estimate of drug-likeness (QED) is 0.738. The average molecular weight is 254 g/mol. The van der Waals surface area contributed by atoms with Gasteiger partial charge in [-0.1, -0.05) is 6.42 Å². The number of fused-ring (bicyclic) bond motifs is 1. The highest BCUT2D eigenvalue weighted by Gasteiger charge is 2.37. The van der Waals surface area contributed by atoms with E-state index >= 15 is 0 Å². The predicted octanol–water partition coefficient (Wildman–Crippen LogP) is 0.396. The highest BCUT2D eigenvalue weighted by atomic mass is 16.5. The summed E-state index contributed by atoms with van der Waals surface area (Å²) in [6.07, 6.45) is 3.96. The van der Waals surface area contributed by atoms with Gasteiger partial charge in [0.15, 0.2) is 0 Å². The summed E-state index contributed by atoms with van der Waals surface area (Å²) < 4.78 is 4.74. The molecule has 1 N–H and O–H groups in total. The summed E-state index contributed by atoms with van der Waals surface area (Å²) in [5.41, 5.74) is 0. The second-order valence-corrected chi connectivity index (χ2v) is 5.45. The number of rotatable bonds is 4. The van der Waals surface area contributed by atoms with Crippen molar-refractivity contribution in [1.82, 2.24) is 10.2 Å². The second kappa shape index (κ2) is 5.69. The van der Waals surface area contributed by atoms with Crippen LogP contribution in [0.15, 0.2) is 0 Å². The molecule has 1 heterocycles. The van der Waals surface area contributed by atoms with E-state index in [4.69, 9.17) is 4.74 Å². The number of ether oxygens (including phenoxy) is 1. The Morgan fingerprint density at radius 3 is 2.44 bits per heavy atom. The number of nitrogens with zero attached hydrogens (tertiary/aromatic N) is 1. The van der Waals surface area contributed by atoms with Crippen molar-refractivity contribution in [2.75, 3.05) is 26.7 Å². The van der Waals surface area contributed by atoms with Crippen LogP contribution in [0.2, 0.25) is 0 Å². The van der Waals surface area contributed by atoms with E-state index in [1.165, 1.54) is 33.3 Å². The number of hydrogen-bond donors (Lipinski definition) is 1. The molecule has 0 radical (unpaired) electrons. The molecule has 1 aliphatic carbocycles. The maximum Gasteiger partial charge on any atom is 0.329 e. The Morgan fingerprint density at radius 1 is 1.33 bits per heavy atom. The summed E-state index contributed by atoms with van der Waals surface area (Å²) in [4.78, 5) is 25.0. The number of methoxy groups -OCH3 is 1. The van der Waals surface area contributed by atoms with Crippen molar-refractivity contribution in [3.05, 3.63) is 0 Å². The largest absolute Gasteiger partial charge is 0.467 e. The minimum absolute atomic E-state index is 0.190. The Hall–Kier alpha value is -1.10. The lowest BCUT2D eigenvalue weighted by Gasteiger charge is -2.23. The number of nitrogens with one attached hydrogen (secondary N) is 1. The summed E-state index contributed by atoms with van der Waals surface area (Å²) >= 11 is 0. The van der Waals surface area contributed by atoms with E-state index in [1.807, 2.05) is 0 Å². The molecular weight excluding hydrogens is 232 g/mol. The van der Waals surface area contributed by atoms with Crippen LogP contribution < -0.4 is 5.32 Å². The Balaban J connectivity index is 1.89. The van der Waals surface area contributed by atoms with Gasteiger partial charge in [-0.3, -0.25) is 4.79 Å². The van der Waals surface area contributed by atoms with Crippen molar-refractivity contribution >= 4 is 11.9 Å². The van der Waals surface area contributed by atoms with Gasteiger partial charge in [-0.2, -0.15) is 0 Å². The van der Waals surface area contributed by atoms with Crippen LogP contribution in [0.3, 0.4) is 0 Å². The summed E-state index contributed by atoms with van der Waals surface area (Å²) in [6, 6.07) is -0.536. The molecule has 0 aromatic heterocycles. The molecule has 0 aromatic carbocycles. The van der Waals surface area contributed by atoms with E-state index in [-0.39, 0.29) is 11.9 Å². The molecule has 1 saturated carbocycles. The molecule has 3 atom stereocenters. The van der Waals surface area contributed by atoms with Gasteiger partial charge in [0, 0.05) is 26.6 Å². The zero-order valence-corrected chi connectivity index (χ0v) is 11.1. The maximum absolute atomic E-state index is 11.6. The minimum atomic E-state index is -0.536. The molecule has 2 aliphatic rings. The first kappa shape index (κ1) is 13.3. The summed E-state index contributed by atoms with van der Waals surface area (Å²) in [5, 5.41) is 2.67. The van der Waals surface area contributed by atoms with Gasteiger partial charge in [-0.15, -0.1) is 0 Å². The van der Waals surface area contributed by atoms with E-state index in [2.05, 4.69) is 10.2 Å². The van der Waals surface area contributed by atoms with Gasteiger partial charge >= 0.3 is 5.97 Å². The van der Waals surface area contributed by atoms with E-state index in [0.29, 0.717) is 6.54 Å². The molecule has 0 aromatic rings. The molecule has 1 aliphatic heterocycles. The lowest BCUT2D eigenvalue weighted by atomic mass is 10.0. The third-order valence-electron chi connectivity index (χ3n) is 4.11. The zero-order valence-electron chi connectivity index (χ0n) is 11.1. The lowest BCUT2D eigenvalue weighted by Crippen LogP contribution is -2.48. The van der Waals surface area contributed by atoms with Crippen molar-refractivity contribution in [3.8, 4) is 0 Å². The van der Waals surface area contributed by atoms with E-state index < -0.39 is 6.04 Å². The highest BCUT2D eigenvalue weighted by molar-refractivity contribution is 5.83. The van der Waals surface area contributed by atoms with Crippen LogP contribution in [-0.2, 0) is 14.3 Å². The zero-order chi connectivity index (χ0) is 13.1. The molecule has 2 fully saturated rings. The first-order chi connectivity index (χ1) is 8.60. The van der Waals surface area contributed by atoms with Gasteiger partial charge in [-0.05, 0) is 24.7 Å². The summed E-state index contributed by atoms with van der Waals surface area (Å²) in [7, 11) is 1.36. The third-order valence-corrected chi connectivity index (χ3v) is 4.11. The van der Waals surface area contributed by atoms with E-state index in [9.17, 15) is 9.59 Å². The molecule has 5 nitrogen and oxygen atoms in total. The number of carbonyl (C=O) groups excluding carboxylic acids is 2. The van der Waals surface area contributed by atoms with Crippen LogP contribution in [-0.4, -0.2) is 49.6 Å². The van der Waals surface area contributed by atoms with Crippen LogP contribution in [0.25, 0.3) is 0 Å². The molecule has 18 heavy (non-hydrogen) atoms. The van der Waals surface area contributed by atoms with E-state index in [0.717, 1.165) is 24.9 Å². The van der Waals surface area contributed by atoms with Crippen molar-refractivity contribution in [2.45, 2.75) is 32.2 Å². The molecule has 3 unspecified atom stereocenters. The van der Waals surface area contributed by atoms with Gasteiger partial charge in [0.25, 0.3) is 0 Å². The Kier molecular flexibility index (Phi) is 4.22. The molecule has 1 amide bonds.